The maximum absolute atomic E-state index is 12.8. The van der Waals surface area contributed by atoms with Crippen LogP contribution in [0.1, 0.15) is 0 Å². The van der Waals surface area contributed by atoms with Gasteiger partial charge in [-0.25, -0.2) is 4.39 Å². The van der Waals surface area contributed by atoms with E-state index in [4.69, 9.17) is 0 Å². The molecule has 0 radical (unpaired) electrons. The number of hydrogen-bond donors (Lipinski definition) is 2. The lowest BCUT2D eigenvalue weighted by molar-refractivity contribution is -0.114. The fourth-order valence-corrected chi connectivity index (χ4v) is 2.28. The van der Waals surface area contributed by atoms with Gasteiger partial charge in [-0.2, -0.15) is 0 Å². The van der Waals surface area contributed by atoms with E-state index < -0.39 is 0 Å². The second kappa shape index (κ2) is 6.26. The van der Waals surface area contributed by atoms with Crippen molar-refractivity contribution in [3.8, 4) is 0 Å². The molecule has 0 bridgehead atoms. The summed E-state index contributed by atoms with van der Waals surface area (Å²) in [7, 11) is 0. The van der Waals surface area contributed by atoms with E-state index in [9.17, 15) is 9.18 Å². The van der Waals surface area contributed by atoms with Crippen LogP contribution in [0.2, 0.25) is 0 Å². The summed E-state index contributed by atoms with van der Waals surface area (Å²) in [5.74, 6) is -0.452. The number of anilines is 2. The average molecular weight is 294 g/mol. The first-order valence-corrected chi connectivity index (χ1v) is 6.99. The van der Waals surface area contributed by atoms with E-state index in [1.807, 2.05) is 42.5 Å². The van der Waals surface area contributed by atoms with Gasteiger partial charge in [0.05, 0.1) is 6.54 Å². The maximum atomic E-state index is 12.8. The molecular formula is C18H15FN2O. The number of hydrogen-bond acceptors (Lipinski definition) is 2. The number of benzene rings is 3. The first kappa shape index (κ1) is 14.1. The fraction of sp³-hybridized carbons (Fsp3) is 0.0556. The minimum absolute atomic E-state index is 0.120. The summed E-state index contributed by atoms with van der Waals surface area (Å²) < 4.78 is 12.8. The minimum atomic E-state index is -0.300. The summed E-state index contributed by atoms with van der Waals surface area (Å²) in [6.45, 7) is 0.120. The third kappa shape index (κ3) is 3.23. The zero-order chi connectivity index (χ0) is 15.4. The van der Waals surface area contributed by atoms with Crippen molar-refractivity contribution in [3.63, 3.8) is 0 Å². The molecule has 0 saturated heterocycles. The Morgan fingerprint density at radius 2 is 1.64 bits per heavy atom. The zero-order valence-electron chi connectivity index (χ0n) is 11.8. The summed E-state index contributed by atoms with van der Waals surface area (Å²) in [5.41, 5.74) is 1.48. The van der Waals surface area contributed by atoms with Crippen LogP contribution in [0.25, 0.3) is 10.8 Å². The van der Waals surface area contributed by atoms with Crippen LogP contribution in [0.3, 0.4) is 0 Å². The summed E-state index contributed by atoms with van der Waals surface area (Å²) in [4.78, 5) is 12.0. The monoisotopic (exact) mass is 294 g/mol. The van der Waals surface area contributed by atoms with Crippen LogP contribution in [0, 0.1) is 5.82 Å². The third-order valence-electron chi connectivity index (χ3n) is 3.36. The highest BCUT2D eigenvalue weighted by Crippen LogP contribution is 2.22. The highest BCUT2D eigenvalue weighted by atomic mass is 19.1. The van der Waals surface area contributed by atoms with E-state index in [0.29, 0.717) is 5.69 Å². The van der Waals surface area contributed by atoms with Gasteiger partial charge < -0.3 is 10.6 Å². The van der Waals surface area contributed by atoms with Crippen LogP contribution in [0.15, 0.2) is 66.7 Å². The number of carbonyl (C=O) groups is 1. The molecule has 3 rings (SSSR count). The number of nitrogens with one attached hydrogen (secondary N) is 2. The number of carbonyl (C=O) groups excluding carboxylic acids is 1. The Morgan fingerprint density at radius 3 is 2.45 bits per heavy atom. The number of rotatable bonds is 4. The molecule has 0 heterocycles. The Kier molecular flexibility index (Phi) is 4.01. The summed E-state index contributed by atoms with van der Waals surface area (Å²) in [6, 6.07) is 19.6. The van der Waals surface area contributed by atoms with Gasteiger partial charge in [0.1, 0.15) is 5.82 Å². The van der Waals surface area contributed by atoms with Crippen LogP contribution < -0.4 is 10.6 Å². The highest BCUT2D eigenvalue weighted by molar-refractivity contribution is 6.03. The van der Waals surface area contributed by atoms with Gasteiger partial charge in [0.2, 0.25) is 5.91 Å². The second-order valence-electron chi connectivity index (χ2n) is 4.94. The topological polar surface area (TPSA) is 41.1 Å². The Labute approximate surface area is 127 Å². The Morgan fingerprint density at radius 1 is 0.909 bits per heavy atom. The summed E-state index contributed by atoms with van der Waals surface area (Å²) in [5, 5.41) is 7.93. The molecule has 0 aromatic heterocycles. The van der Waals surface area contributed by atoms with Crippen molar-refractivity contribution in [1.82, 2.24) is 0 Å². The van der Waals surface area contributed by atoms with Gasteiger partial charge in [0.15, 0.2) is 0 Å². The van der Waals surface area contributed by atoms with Gasteiger partial charge in [0, 0.05) is 16.8 Å². The predicted molar refractivity (Wildman–Crippen MR) is 87.5 cm³/mol. The Bertz CT molecular complexity index is 794. The molecule has 0 aliphatic rings. The smallest absolute Gasteiger partial charge is 0.243 e. The van der Waals surface area contributed by atoms with E-state index in [-0.39, 0.29) is 18.3 Å². The molecule has 3 aromatic carbocycles. The quantitative estimate of drug-likeness (QED) is 0.762. The number of halogens is 1. The lowest BCUT2D eigenvalue weighted by Gasteiger charge is -2.10. The van der Waals surface area contributed by atoms with Crippen molar-refractivity contribution in [2.24, 2.45) is 0 Å². The molecule has 0 saturated carbocycles. The molecule has 2 N–H and O–H groups in total. The van der Waals surface area contributed by atoms with E-state index in [1.54, 1.807) is 12.1 Å². The van der Waals surface area contributed by atoms with Gasteiger partial charge in [0.25, 0.3) is 0 Å². The normalized spacial score (nSPS) is 10.4. The van der Waals surface area contributed by atoms with E-state index in [1.165, 1.54) is 12.1 Å². The molecular weight excluding hydrogens is 279 g/mol. The van der Waals surface area contributed by atoms with Crippen molar-refractivity contribution >= 4 is 28.1 Å². The Balaban J connectivity index is 1.67. The molecule has 0 aliphatic heterocycles. The number of fused-ring (bicyclic) bond motifs is 1. The molecule has 1 amide bonds. The third-order valence-corrected chi connectivity index (χ3v) is 3.36. The molecule has 4 heteroatoms. The van der Waals surface area contributed by atoms with Gasteiger partial charge >= 0.3 is 0 Å². The lowest BCUT2D eigenvalue weighted by Crippen LogP contribution is -2.21. The van der Waals surface area contributed by atoms with Crippen molar-refractivity contribution in [2.75, 3.05) is 17.2 Å². The van der Waals surface area contributed by atoms with Crippen LogP contribution in [-0.2, 0) is 4.79 Å². The van der Waals surface area contributed by atoms with Crippen LogP contribution >= 0.6 is 0 Å². The summed E-state index contributed by atoms with van der Waals surface area (Å²) in [6.07, 6.45) is 0. The number of amides is 1. The van der Waals surface area contributed by atoms with Gasteiger partial charge in [-0.15, -0.1) is 0 Å². The highest BCUT2D eigenvalue weighted by Gasteiger charge is 2.05. The second-order valence-corrected chi connectivity index (χ2v) is 4.94. The molecule has 110 valence electrons. The minimum Gasteiger partial charge on any atom is -0.376 e. The molecule has 0 fully saturated rings. The van der Waals surface area contributed by atoms with Crippen molar-refractivity contribution in [1.29, 1.82) is 0 Å². The predicted octanol–water partition coefficient (Wildman–Crippen LogP) is 4.03. The SMILES string of the molecule is O=C(CNc1ccc(F)cc1)Nc1cccc2ccccc12. The largest absolute Gasteiger partial charge is 0.376 e. The van der Waals surface area contributed by atoms with E-state index in [0.717, 1.165) is 16.5 Å². The van der Waals surface area contributed by atoms with Gasteiger partial charge in [-0.05, 0) is 35.7 Å². The van der Waals surface area contributed by atoms with Crippen molar-refractivity contribution in [2.45, 2.75) is 0 Å². The zero-order valence-corrected chi connectivity index (χ0v) is 11.8. The van der Waals surface area contributed by atoms with Gasteiger partial charge in [-0.3, -0.25) is 4.79 Å². The van der Waals surface area contributed by atoms with Crippen molar-refractivity contribution < 1.29 is 9.18 Å². The molecule has 3 aromatic rings. The standard InChI is InChI=1S/C18H15FN2O/c19-14-8-10-15(11-9-14)20-12-18(22)21-17-7-3-5-13-4-1-2-6-16(13)17/h1-11,20H,12H2,(H,21,22). The molecule has 0 unspecified atom stereocenters. The average Bonchev–Trinajstić information content (AvgIpc) is 2.55. The maximum Gasteiger partial charge on any atom is 0.243 e. The van der Waals surface area contributed by atoms with E-state index in [2.05, 4.69) is 10.6 Å². The van der Waals surface area contributed by atoms with E-state index >= 15 is 0 Å². The van der Waals surface area contributed by atoms with Crippen molar-refractivity contribution in [3.05, 3.63) is 72.5 Å². The fourth-order valence-electron chi connectivity index (χ4n) is 2.28. The molecule has 0 aliphatic carbocycles. The van der Waals surface area contributed by atoms with Crippen LogP contribution in [0.4, 0.5) is 15.8 Å². The lowest BCUT2D eigenvalue weighted by atomic mass is 10.1. The first-order valence-electron chi connectivity index (χ1n) is 6.99. The van der Waals surface area contributed by atoms with Crippen LogP contribution in [-0.4, -0.2) is 12.5 Å². The molecule has 0 spiro atoms. The Hall–Kier alpha value is -2.88. The van der Waals surface area contributed by atoms with Crippen LogP contribution in [0.5, 0.6) is 0 Å². The molecule has 0 atom stereocenters. The first-order chi connectivity index (χ1) is 10.7. The summed E-state index contributed by atoms with van der Waals surface area (Å²) >= 11 is 0. The van der Waals surface area contributed by atoms with Gasteiger partial charge in [-0.1, -0.05) is 36.4 Å². The molecule has 22 heavy (non-hydrogen) atoms. The molecule has 3 nitrogen and oxygen atoms in total.